The van der Waals surface area contributed by atoms with E-state index in [4.69, 9.17) is 9.47 Å². The second kappa shape index (κ2) is 10.5. The molecular formula is C26H23F3N2O3. The zero-order chi connectivity index (χ0) is 24.0. The highest BCUT2D eigenvalue weighted by Crippen LogP contribution is 2.29. The molecule has 1 aromatic heterocycles. The summed E-state index contributed by atoms with van der Waals surface area (Å²) in [6, 6.07) is 21.1. The second-order valence-corrected chi connectivity index (χ2v) is 7.77. The van der Waals surface area contributed by atoms with Gasteiger partial charge in [0.25, 0.3) is 5.91 Å². The molecule has 4 rings (SSSR count). The van der Waals surface area contributed by atoms with Crippen molar-refractivity contribution in [1.82, 2.24) is 9.88 Å². The van der Waals surface area contributed by atoms with Gasteiger partial charge in [0.2, 0.25) is 5.88 Å². The highest BCUT2D eigenvalue weighted by molar-refractivity contribution is 6.24. The van der Waals surface area contributed by atoms with Gasteiger partial charge in [-0.2, -0.15) is 13.2 Å². The first kappa shape index (κ1) is 23.5. The maximum Gasteiger partial charge on any atom is 0.417 e. The van der Waals surface area contributed by atoms with Crippen LogP contribution in [0.5, 0.6) is 5.88 Å². The fraction of sp³-hybridized carbons (Fsp3) is 0.231. The van der Waals surface area contributed by atoms with Crippen LogP contribution in [0.2, 0.25) is 0 Å². The maximum absolute atomic E-state index is 13.5. The largest absolute Gasteiger partial charge is 0.475 e. The average molecular weight is 468 g/mol. The van der Waals surface area contributed by atoms with E-state index in [9.17, 15) is 18.0 Å². The first-order valence-electron chi connectivity index (χ1n) is 10.8. The van der Waals surface area contributed by atoms with E-state index in [0.29, 0.717) is 25.3 Å². The smallest absolute Gasteiger partial charge is 0.417 e. The Bertz CT molecular complexity index is 1120. The molecule has 1 saturated heterocycles. The minimum atomic E-state index is -4.46. The minimum absolute atomic E-state index is 0.0607. The van der Waals surface area contributed by atoms with Crippen molar-refractivity contribution in [3.8, 4) is 5.88 Å². The Balaban J connectivity index is 1.44. The van der Waals surface area contributed by atoms with E-state index in [1.54, 1.807) is 4.90 Å². The molecule has 34 heavy (non-hydrogen) atoms. The molecule has 176 valence electrons. The Morgan fingerprint density at radius 1 is 1.06 bits per heavy atom. The van der Waals surface area contributed by atoms with Gasteiger partial charge in [-0.05, 0) is 23.3 Å². The maximum atomic E-state index is 13.5. The molecule has 0 saturated carbocycles. The monoisotopic (exact) mass is 468 g/mol. The summed E-state index contributed by atoms with van der Waals surface area (Å²) in [6.07, 6.45) is -2.30. The Hall–Kier alpha value is -3.65. The van der Waals surface area contributed by atoms with E-state index in [1.807, 2.05) is 66.7 Å². The molecule has 2 aromatic carbocycles. The van der Waals surface area contributed by atoms with E-state index in [-0.39, 0.29) is 18.4 Å². The molecule has 1 amide bonds. The summed E-state index contributed by atoms with van der Waals surface area (Å²) in [7, 11) is 0. The van der Waals surface area contributed by atoms with Crippen LogP contribution in [0.3, 0.4) is 0 Å². The van der Waals surface area contributed by atoms with Crippen LogP contribution < -0.4 is 4.74 Å². The van der Waals surface area contributed by atoms with E-state index in [2.05, 4.69) is 4.98 Å². The normalized spacial score (nSPS) is 16.9. The third-order valence-electron chi connectivity index (χ3n) is 5.33. The molecule has 1 aliphatic rings. The number of alkyl halides is 3. The summed E-state index contributed by atoms with van der Waals surface area (Å²) in [5.74, 6) is -0.0648. The lowest BCUT2D eigenvalue weighted by molar-refractivity contribution is -0.137. The lowest BCUT2D eigenvalue weighted by Gasteiger charge is -2.33. The van der Waals surface area contributed by atoms with Crippen LogP contribution >= 0.6 is 0 Å². The van der Waals surface area contributed by atoms with Crippen molar-refractivity contribution in [1.29, 1.82) is 0 Å². The molecule has 5 nitrogen and oxygen atoms in total. The zero-order valence-electron chi connectivity index (χ0n) is 18.2. The summed E-state index contributed by atoms with van der Waals surface area (Å²) < 4.78 is 49.3. The first-order chi connectivity index (χ1) is 16.4. The highest BCUT2D eigenvalue weighted by atomic mass is 19.4. The third kappa shape index (κ3) is 6.02. The SMILES string of the molecule is O=C(/C(=C/c1ccccc1)c1ccccc1)N1CCOC(COc2ccc(C(F)(F)F)cn2)C1. The predicted molar refractivity (Wildman–Crippen MR) is 122 cm³/mol. The number of amides is 1. The van der Waals surface area contributed by atoms with Crippen molar-refractivity contribution in [3.63, 3.8) is 0 Å². The minimum Gasteiger partial charge on any atom is -0.475 e. The van der Waals surface area contributed by atoms with Gasteiger partial charge in [-0.1, -0.05) is 60.7 Å². The standard InChI is InChI=1S/C26H23F3N2O3/c27-26(28,29)21-11-12-24(30-16-21)34-18-22-17-31(13-14-33-22)25(32)23(20-9-5-2-6-10-20)15-19-7-3-1-4-8-19/h1-12,15-16,22H,13-14,17-18H2/b23-15+. The number of hydrogen-bond acceptors (Lipinski definition) is 4. The van der Waals surface area contributed by atoms with Gasteiger partial charge in [-0.15, -0.1) is 0 Å². The molecule has 0 bridgehead atoms. The molecule has 2 heterocycles. The topological polar surface area (TPSA) is 51.7 Å². The fourth-order valence-corrected chi connectivity index (χ4v) is 3.59. The highest BCUT2D eigenvalue weighted by Gasteiger charge is 2.31. The first-order valence-corrected chi connectivity index (χ1v) is 10.8. The van der Waals surface area contributed by atoms with Crippen LogP contribution in [0.15, 0.2) is 79.0 Å². The van der Waals surface area contributed by atoms with Crippen molar-refractivity contribution in [2.24, 2.45) is 0 Å². The quantitative estimate of drug-likeness (QED) is 0.380. The summed E-state index contributed by atoms with van der Waals surface area (Å²) in [5.41, 5.74) is 1.45. The number of rotatable bonds is 6. The van der Waals surface area contributed by atoms with E-state index in [1.165, 1.54) is 6.07 Å². The van der Waals surface area contributed by atoms with E-state index in [0.717, 1.165) is 23.4 Å². The van der Waals surface area contributed by atoms with Crippen LogP contribution in [0, 0.1) is 0 Å². The summed E-state index contributed by atoms with van der Waals surface area (Å²) in [4.78, 5) is 18.9. The van der Waals surface area contributed by atoms with E-state index >= 15 is 0 Å². The number of benzene rings is 2. The lowest BCUT2D eigenvalue weighted by atomic mass is 10.0. The molecule has 1 aliphatic heterocycles. The number of hydrogen-bond donors (Lipinski definition) is 0. The number of pyridine rings is 1. The number of carbonyl (C=O) groups is 1. The molecule has 1 unspecified atom stereocenters. The van der Waals surface area contributed by atoms with Crippen LogP contribution in [0.25, 0.3) is 11.6 Å². The number of aromatic nitrogens is 1. The number of morpholine rings is 1. The molecule has 0 spiro atoms. The van der Waals surface area contributed by atoms with Gasteiger partial charge in [-0.3, -0.25) is 4.79 Å². The summed E-state index contributed by atoms with van der Waals surface area (Å²) >= 11 is 0. The van der Waals surface area contributed by atoms with Gasteiger partial charge in [-0.25, -0.2) is 4.98 Å². The number of carbonyl (C=O) groups excluding carboxylic acids is 1. The molecule has 0 radical (unpaired) electrons. The Labute approximate surface area is 195 Å². The molecule has 3 aromatic rings. The van der Waals surface area contributed by atoms with Crippen LogP contribution in [-0.4, -0.2) is 48.2 Å². The van der Waals surface area contributed by atoms with E-state index < -0.39 is 17.8 Å². The predicted octanol–water partition coefficient (Wildman–Crippen LogP) is 4.95. The molecular weight excluding hydrogens is 445 g/mol. The number of nitrogens with zero attached hydrogens (tertiary/aromatic N) is 2. The third-order valence-corrected chi connectivity index (χ3v) is 5.33. The van der Waals surface area contributed by atoms with Crippen molar-refractivity contribution in [2.45, 2.75) is 12.3 Å². The second-order valence-electron chi connectivity index (χ2n) is 7.77. The molecule has 1 atom stereocenters. The molecule has 0 aliphatic carbocycles. The van der Waals surface area contributed by atoms with Crippen molar-refractivity contribution in [3.05, 3.63) is 95.7 Å². The zero-order valence-corrected chi connectivity index (χ0v) is 18.2. The fourth-order valence-electron chi connectivity index (χ4n) is 3.59. The van der Waals surface area contributed by atoms with Gasteiger partial charge in [0.05, 0.1) is 18.7 Å². The van der Waals surface area contributed by atoms with Gasteiger partial charge in [0.15, 0.2) is 0 Å². The Morgan fingerprint density at radius 3 is 2.41 bits per heavy atom. The van der Waals surface area contributed by atoms with Crippen molar-refractivity contribution < 1.29 is 27.4 Å². The molecule has 8 heteroatoms. The average Bonchev–Trinajstić information content (AvgIpc) is 2.87. The van der Waals surface area contributed by atoms with Crippen LogP contribution in [-0.2, 0) is 15.7 Å². The number of ether oxygens (including phenoxy) is 2. The van der Waals surface area contributed by atoms with Gasteiger partial charge in [0, 0.05) is 24.4 Å². The number of halogens is 3. The summed E-state index contributed by atoms with van der Waals surface area (Å²) in [5, 5.41) is 0. The van der Waals surface area contributed by atoms with Crippen molar-refractivity contribution >= 4 is 17.6 Å². The van der Waals surface area contributed by atoms with Gasteiger partial charge < -0.3 is 14.4 Å². The lowest BCUT2D eigenvalue weighted by Crippen LogP contribution is -2.47. The van der Waals surface area contributed by atoms with Crippen molar-refractivity contribution in [2.75, 3.05) is 26.3 Å². The van der Waals surface area contributed by atoms with Crippen LogP contribution in [0.4, 0.5) is 13.2 Å². The van der Waals surface area contributed by atoms with Crippen LogP contribution in [0.1, 0.15) is 16.7 Å². The van der Waals surface area contributed by atoms with Gasteiger partial charge >= 0.3 is 6.18 Å². The van der Waals surface area contributed by atoms with Gasteiger partial charge in [0.1, 0.15) is 12.7 Å². The Kier molecular flexibility index (Phi) is 7.27. The Morgan fingerprint density at radius 2 is 1.76 bits per heavy atom. The molecule has 0 N–H and O–H groups in total. The molecule has 1 fully saturated rings. The summed E-state index contributed by atoms with van der Waals surface area (Å²) in [6.45, 7) is 1.10.